The van der Waals surface area contributed by atoms with Crippen LogP contribution in [-0.2, 0) is 14.8 Å². The molecule has 1 aliphatic rings. The molecule has 6 nitrogen and oxygen atoms in total. The lowest BCUT2D eigenvalue weighted by Crippen LogP contribution is -2.39. The summed E-state index contributed by atoms with van der Waals surface area (Å²) in [7, 11) is -3.95. The molecule has 0 aliphatic carbocycles. The summed E-state index contributed by atoms with van der Waals surface area (Å²) in [6.45, 7) is 1.14. The van der Waals surface area contributed by atoms with E-state index in [1.807, 2.05) is 18.2 Å². The number of likely N-dealkylation sites (tertiary alicyclic amines) is 1. The Balaban J connectivity index is 1.45. The van der Waals surface area contributed by atoms with Crippen molar-refractivity contribution in [2.24, 2.45) is 0 Å². The first-order valence-corrected chi connectivity index (χ1v) is 11.3. The van der Waals surface area contributed by atoms with Crippen molar-refractivity contribution in [1.82, 2.24) is 9.62 Å². The molecule has 0 spiro atoms. The van der Waals surface area contributed by atoms with Crippen LogP contribution in [0.2, 0.25) is 0 Å². The molecule has 0 atom stereocenters. The highest BCUT2D eigenvalue weighted by molar-refractivity contribution is 7.89. The van der Waals surface area contributed by atoms with Crippen LogP contribution in [0, 0.1) is 0 Å². The molecular formula is C21H23F3N2O4S. The van der Waals surface area contributed by atoms with E-state index in [4.69, 9.17) is 0 Å². The van der Waals surface area contributed by atoms with Crippen molar-refractivity contribution < 1.29 is 31.1 Å². The zero-order valence-electron chi connectivity index (χ0n) is 16.6. The quantitative estimate of drug-likeness (QED) is 0.690. The van der Waals surface area contributed by atoms with Crippen molar-refractivity contribution >= 4 is 15.9 Å². The maximum absolute atomic E-state index is 12.4. The molecule has 0 aromatic heterocycles. The molecule has 1 heterocycles. The molecule has 1 saturated heterocycles. The van der Waals surface area contributed by atoms with Crippen LogP contribution in [-0.4, -0.2) is 45.2 Å². The third-order valence-corrected chi connectivity index (χ3v) is 6.59. The fourth-order valence-corrected chi connectivity index (χ4v) is 4.57. The third-order valence-electron chi connectivity index (χ3n) is 5.12. The molecule has 0 unspecified atom stereocenters. The van der Waals surface area contributed by atoms with Crippen molar-refractivity contribution in [3.8, 4) is 5.75 Å². The zero-order chi connectivity index (χ0) is 22.5. The molecule has 2 aromatic rings. The molecule has 31 heavy (non-hydrogen) atoms. The van der Waals surface area contributed by atoms with Gasteiger partial charge in [0.2, 0.25) is 15.9 Å². The van der Waals surface area contributed by atoms with E-state index < -0.39 is 22.1 Å². The summed E-state index contributed by atoms with van der Waals surface area (Å²) in [5.41, 5.74) is 1.26. The molecule has 0 radical (unpaired) electrons. The second-order valence-corrected chi connectivity index (χ2v) is 9.00. The van der Waals surface area contributed by atoms with Gasteiger partial charge in [0, 0.05) is 26.1 Å². The molecule has 10 heteroatoms. The Morgan fingerprint density at radius 2 is 1.65 bits per heavy atom. The Bertz CT molecular complexity index is 972. The Kier molecular flexibility index (Phi) is 7.22. The lowest BCUT2D eigenvalue weighted by atomic mass is 9.89. The van der Waals surface area contributed by atoms with Crippen molar-refractivity contribution in [2.45, 2.75) is 36.4 Å². The fourth-order valence-electron chi connectivity index (χ4n) is 3.54. The minimum atomic E-state index is -4.85. The molecule has 3 rings (SSSR count). The van der Waals surface area contributed by atoms with Gasteiger partial charge in [-0.3, -0.25) is 4.79 Å². The van der Waals surface area contributed by atoms with Gasteiger partial charge in [-0.25, -0.2) is 13.1 Å². The highest BCUT2D eigenvalue weighted by Crippen LogP contribution is 2.28. The van der Waals surface area contributed by atoms with Gasteiger partial charge in [-0.1, -0.05) is 30.3 Å². The first kappa shape index (κ1) is 23.1. The number of sulfonamides is 1. The average Bonchev–Trinajstić information content (AvgIpc) is 2.73. The lowest BCUT2D eigenvalue weighted by molar-refractivity contribution is -0.274. The third kappa shape index (κ3) is 6.70. The van der Waals surface area contributed by atoms with Gasteiger partial charge in [-0.2, -0.15) is 0 Å². The van der Waals surface area contributed by atoms with Crippen LogP contribution in [0.15, 0.2) is 59.5 Å². The number of rotatable bonds is 7. The van der Waals surface area contributed by atoms with Crippen LogP contribution in [0.25, 0.3) is 0 Å². The topological polar surface area (TPSA) is 75.7 Å². The maximum atomic E-state index is 12.4. The highest BCUT2D eigenvalue weighted by atomic mass is 32.2. The van der Waals surface area contributed by atoms with Crippen LogP contribution >= 0.6 is 0 Å². The summed E-state index contributed by atoms with van der Waals surface area (Å²) in [6, 6.07) is 14.0. The number of nitrogens with one attached hydrogen (secondary N) is 1. The average molecular weight is 456 g/mol. The van der Waals surface area contributed by atoms with Crippen molar-refractivity contribution in [2.75, 3.05) is 19.6 Å². The van der Waals surface area contributed by atoms with Gasteiger partial charge in [0.05, 0.1) is 4.90 Å². The number of ether oxygens (including phenoxy) is 1. The Morgan fingerprint density at radius 1 is 1.03 bits per heavy atom. The number of amides is 1. The number of piperidine rings is 1. The number of carbonyl (C=O) groups excluding carboxylic acids is 1. The standard InChI is InChI=1S/C21H23F3N2O4S/c22-21(23,24)30-18-6-8-19(9-7-18)31(28,29)25-13-10-20(27)26-14-11-17(12-15-26)16-4-2-1-3-5-16/h1-9,17,25H,10-15H2. The largest absolute Gasteiger partial charge is 0.573 e. The van der Waals surface area contributed by atoms with Gasteiger partial charge in [0.15, 0.2) is 0 Å². The highest BCUT2D eigenvalue weighted by Gasteiger charge is 2.31. The van der Waals surface area contributed by atoms with Gasteiger partial charge in [0.1, 0.15) is 5.75 Å². The summed E-state index contributed by atoms with van der Waals surface area (Å²) in [5, 5.41) is 0. The minimum Gasteiger partial charge on any atom is -0.406 e. The molecular weight excluding hydrogens is 433 g/mol. The van der Waals surface area contributed by atoms with Gasteiger partial charge < -0.3 is 9.64 Å². The summed E-state index contributed by atoms with van der Waals surface area (Å²) in [4.78, 5) is 13.9. The summed E-state index contributed by atoms with van der Waals surface area (Å²) < 4.78 is 67.2. The number of hydrogen-bond donors (Lipinski definition) is 1. The van der Waals surface area contributed by atoms with E-state index >= 15 is 0 Å². The number of alkyl halides is 3. The predicted molar refractivity (Wildman–Crippen MR) is 108 cm³/mol. The summed E-state index contributed by atoms with van der Waals surface area (Å²) in [6.07, 6.45) is -3.14. The molecule has 1 fully saturated rings. The zero-order valence-corrected chi connectivity index (χ0v) is 17.5. The summed E-state index contributed by atoms with van der Waals surface area (Å²) in [5.74, 6) is -0.239. The van der Waals surface area contributed by atoms with E-state index in [9.17, 15) is 26.4 Å². The lowest BCUT2D eigenvalue weighted by Gasteiger charge is -2.32. The van der Waals surface area contributed by atoms with E-state index in [0.717, 1.165) is 37.1 Å². The first-order valence-electron chi connectivity index (χ1n) is 9.82. The fraction of sp³-hybridized carbons (Fsp3) is 0.381. The van der Waals surface area contributed by atoms with Crippen molar-refractivity contribution in [3.05, 3.63) is 60.2 Å². The second kappa shape index (κ2) is 9.69. The van der Waals surface area contributed by atoms with Gasteiger partial charge >= 0.3 is 6.36 Å². The van der Waals surface area contributed by atoms with Gasteiger partial charge in [0.25, 0.3) is 0 Å². The molecule has 1 N–H and O–H groups in total. The van der Waals surface area contributed by atoms with Crippen LogP contribution in [0.3, 0.4) is 0 Å². The molecule has 2 aromatic carbocycles. The van der Waals surface area contributed by atoms with Crippen LogP contribution in [0.1, 0.15) is 30.7 Å². The molecule has 1 aliphatic heterocycles. The van der Waals surface area contributed by atoms with Gasteiger partial charge in [-0.05, 0) is 48.6 Å². The Morgan fingerprint density at radius 3 is 2.23 bits per heavy atom. The minimum absolute atomic E-state index is 0.00447. The summed E-state index contributed by atoms with van der Waals surface area (Å²) >= 11 is 0. The number of hydrogen-bond acceptors (Lipinski definition) is 4. The normalized spacial score (nSPS) is 15.6. The number of benzene rings is 2. The number of halogens is 3. The number of nitrogens with zero attached hydrogens (tertiary/aromatic N) is 1. The van der Waals surface area contributed by atoms with E-state index in [1.54, 1.807) is 4.90 Å². The maximum Gasteiger partial charge on any atom is 0.573 e. The SMILES string of the molecule is O=C(CCNS(=O)(=O)c1ccc(OC(F)(F)F)cc1)N1CCC(c2ccccc2)CC1. The van der Waals surface area contributed by atoms with Crippen LogP contribution in [0.4, 0.5) is 13.2 Å². The van der Waals surface area contributed by atoms with E-state index in [1.165, 1.54) is 5.56 Å². The Hall–Kier alpha value is -2.59. The van der Waals surface area contributed by atoms with Gasteiger partial charge in [-0.15, -0.1) is 13.2 Å². The van der Waals surface area contributed by atoms with E-state index in [0.29, 0.717) is 19.0 Å². The van der Waals surface area contributed by atoms with Crippen molar-refractivity contribution in [3.63, 3.8) is 0 Å². The number of carbonyl (C=O) groups is 1. The molecule has 0 bridgehead atoms. The molecule has 168 valence electrons. The van der Waals surface area contributed by atoms with E-state index in [2.05, 4.69) is 21.6 Å². The molecule has 1 amide bonds. The van der Waals surface area contributed by atoms with E-state index in [-0.39, 0.29) is 23.8 Å². The van der Waals surface area contributed by atoms with Crippen LogP contribution in [0.5, 0.6) is 5.75 Å². The first-order chi connectivity index (χ1) is 14.6. The van der Waals surface area contributed by atoms with Crippen LogP contribution < -0.4 is 9.46 Å². The molecule has 0 saturated carbocycles. The Labute approximate surface area is 179 Å². The van der Waals surface area contributed by atoms with Crippen molar-refractivity contribution in [1.29, 1.82) is 0 Å². The second-order valence-electron chi connectivity index (χ2n) is 7.23. The monoisotopic (exact) mass is 456 g/mol. The smallest absolute Gasteiger partial charge is 0.406 e. The predicted octanol–water partition coefficient (Wildman–Crippen LogP) is 3.66.